The maximum Gasteiger partial charge on any atom is 0.222 e. The third kappa shape index (κ3) is 4.44. The molecule has 0 unspecified atom stereocenters. The Morgan fingerprint density at radius 2 is 2.24 bits per heavy atom. The molecule has 1 aromatic rings. The summed E-state index contributed by atoms with van der Waals surface area (Å²) in [4.78, 5) is 11.2. The molecule has 1 amide bonds. The van der Waals surface area contributed by atoms with Crippen LogP contribution < -0.4 is 10.1 Å². The molecule has 0 spiro atoms. The summed E-state index contributed by atoms with van der Waals surface area (Å²) in [5.74, 6) is 0.733. The Balaban J connectivity index is 2.55. The van der Waals surface area contributed by atoms with Gasteiger partial charge in [-0.05, 0) is 31.0 Å². The van der Waals surface area contributed by atoms with Crippen LogP contribution in [0.1, 0.15) is 24.5 Å². The van der Waals surface area contributed by atoms with Gasteiger partial charge in [-0.3, -0.25) is 4.79 Å². The van der Waals surface area contributed by atoms with Gasteiger partial charge in [0.15, 0.2) is 0 Å². The van der Waals surface area contributed by atoms with E-state index in [0.29, 0.717) is 13.2 Å². The minimum Gasteiger partial charge on any atom is -0.494 e. The van der Waals surface area contributed by atoms with Crippen molar-refractivity contribution in [2.45, 2.75) is 26.8 Å². The maximum absolute atomic E-state index is 11.2. The lowest BCUT2D eigenvalue weighted by atomic mass is 10.1. The fraction of sp³-hybridized carbons (Fsp3) is 0.462. The predicted molar refractivity (Wildman–Crippen MR) is 65.9 cm³/mol. The van der Waals surface area contributed by atoms with E-state index < -0.39 is 0 Å². The van der Waals surface area contributed by atoms with Crippen LogP contribution >= 0.6 is 0 Å². The maximum atomic E-state index is 11.2. The molecule has 94 valence electrons. The number of nitrogens with one attached hydrogen (secondary N) is 1. The number of hydrogen-bond acceptors (Lipinski definition) is 3. The fourth-order valence-corrected chi connectivity index (χ4v) is 1.53. The molecule has 0 atom stereocenters. The number of ether oxygens (including phenoxy) is 1. The molecule has 0 aliphatic heterocycles. The lowest BCUT2D eigenvalue weighted by molar-refractivity contribution is -0.121. The molecule has 4 heteroatoms. The Hall–Kier alpha value is -1.55. The number of amides is 1. The van der Waals surface area contributed by atoms with E-state index in [2.05, 4.69) is 5.32 Å². The lowest BCUT2D eigenvalue weighted by Gasteiger charge is -2.09. The summed E-state index contributed by atoms with van der Waals surface area (Å²) in [6, 6.07) is 5.83. The van der Waals surface area contributed by atoms with Gasteiger partial charge in [0.05, 0.1) is 13.2 Å². The van der Waals surface area contributed by atoms with Crippen molar-refractivity contribution >= 4 is 5.91 Å². The van der Waals surface area contributed by atoms with Crippen molar-refractivity contribution in [3.63, 3.8) is 0 Å². The van der Waals surface area contributed by atoms with Crippen molar-refractivity contribution in [3.8, 4) is 5.75 Å². The largest absolute Gasteiger partial charge is 0.494 e. The van der Waals surface area contributed by atoms with Gasteiger partial charge in [-0.15, -0.1) is 0 Å². The number of aryl methyl sites for hydroxylation is 1. The molecule has 0 fully saturated rings. The topological polar surface area (TPSA) is 58.6 Å². The highest BCUT2D eigenvalue weighted by molar-refractivity contribution is 5.75. The molecular weight excluding hydrogens is 218 g/mol. The molecule has 1 rings (SSSR count). The van der Waals surface area contributed by atoms with Crippen LogP contribution in [-0.2, 0) is 11.3 Å². The summed E-state index contributed by atoms with van der Waals surface area (Å²) < 4.78 is 5.44. The summed E-state index contributed by atoms with van der Waals surface area (Å²) in [6.45, 7) is 4.93. The number of carbonyl (C=O) groups excluding carboxylic acids is 1. The highest BCUT2D eigenvalue weighted by Gasteiger charge is 2.03. The van der Waals surface area contributed by atoms with Crippen molar-refractivity contribution in [3.05, 3.63) is 29.3 Å². The third-order valence-corrected chi connectivity index (χ3v) is 2.37. The van der Waals surface area contributed by atoms with Crippen molar-refractivity contribution in [2.75, 3.05) is 13.2 Å². The van der Waals surface area contributed by atoms with Gasteiger partial charge < -0.3 is 15.2 Å². The molecule has 0 aliphatic carbocycles. The first kappa shape index (κ1) is 13.5. The van der Waals surface area contributed by atoms with Crippen LogP contribution in [0.3, 0.4) is 0 Å². The Morgan fingerprint density at radius 1 is 1.47 bits per heavy atom. The standard InChI is InChI=1S/C13H19NO3/c1-3-17-12-5-4-11(8-10(12)2)9-14-13(16)6-7-15/h4-5,8,15H,3,6-7,9H2,1-2H3,(H,14,16). The molecule has 0 bridgehead atoms. The van der Waals surface area contributed by atoms with Gasteiger partial charge in [0.25, 0.3) is 0 Å². The molecular formula is C13H19NO3. The fourth-order valence-electron chi connectivity index (χ4n) is 1.53. The van der Waals surface area contributed by atoms with Crippen LogP contribution in [0.25, 0.3) is 0 Å². The smallest absolute Gasteiger partial charge is 0.222 e. The van der Waals surface area contributed by atoms with Crippen LogP contribution in [0, 0.1) is 6.92 Å². The van der Waals surface area contributed by atoms with E-state index in [-0.39, 0.29) is 18.9 Å². The highest BCUT2D eigenvalue weighted by Crippen LogP contribution is 2.18. The quantitative estimate of drug-likeness (QED) is 0.786. The summed E-state index contributed by atoms with van der Waals surface area (Å²) >= 11 is 0. The zero-order valence-electron chi connectivity index (χ0n) is 10.3. The van der Waals surface area contributed by atoms with Crippen LogP contribution in [-0.4, -0.2) is 24.2 Å². The highest BCUT2D eigenvalue weighted by atomic mass is 16.5. The Labute approximate surface area is 102 Å². The lowest BCUT2D eigenvalue weighted by Crippen LogP contribution is -2.23. The second kappa shape index (κ2) is 6.91. The molecule has 4 nitrogen and oxygen atoms in total. The summed E-state index contributed by atoms with van der Waals surface area (Å²) in [5.41, 5.74) is 2.08. The van der Waals surface area contributed by atoms with E-state index >= 15 is 0 Å². The molecule has 0 heterocycles. The monoisotopic (exact) mass is 237 g/mol. The minimum absolute atomic E-state index is 0.117. The third-order valence-electron chi connectivity index (χ3n) is 2.37. The second-order valence-corrected chi connectivity index (χ2v) is 3.78. The van der Waals surface area contributed by atoms with Crippen LogP contribution in [0.15, 0.2) is 18.2 Å². The molecule has 0 radical (unpaired) electrons. The zero-order valence-corrected chi connectivity index (χ0v) is 10.3. The average Bonchev–Trinajstić information content (AvgIpc) is 2.30. The first-order chi connectivity index (χ1) is 8.17. The average molecular weight is 237 g/mol. The summed E-state index contributed by atoms with van der Waals surface area (Å²) in [7, 11) is 0. The van der Waals surface area contributed by atoms with Gasteiger partial charge in [-0.25, -0.2) is 0 Å². The van der Waals surface area contributed by atoms with E-state index in [0.717, 1.165) is 16.9 Å². The molecule has 0 saturated heterocycles. The molecule has 0 saturated carbocycles. The van der Waals surface area contributed by atoms with Gasteiger partial charge in [0.2, 0.25) is 5.91 Å². The van der Waals surface area contributed by atoms with Gasteiger partial charge >= 0.3 is 0 Å². The number of benzene rings is 1. The first-order valence-electron chi connectivity index (χ1n) is 5.77. The zero-order chi connectivity index (χ0) is 12.7. The van der Waals surface area contributed by atoms with Crippen molar-refractivity contribution in [2.24, 2.45) is 0 Å². The summed E-state index contributed by atoms with van der Waals surface area (Å²) in [6.07, 6.45) is 0.149. The second-order valence-electron chi connectivity index (χ2n) is 3.78. The van der Waals surface area contributed by atoms with Crippen molar-refractivity contribution in [1.29, 1.82) is 0 Å². The summed E-state index contributed by atoms with van der Waals surface area (Å²) in [5, 5.41) is 11.3. The minimum atomic E-state index is -0.140. The Morgan fingerprint density at radius 3 is 2.82 bits per heavy atom. The van der Waals surface area contributed by atoms with Crippen LogP contribution in [0.5, 0.6) is 5.75 Å². The SMILES string of the molecule is CCOc1ccc(CNC(=O)CCO)cc1C. The Bertz CT molecular complexity index is 377. The van der Waals surface area contributed by atoms with Crippen LogP contribution in [0.4, 0.5) is 0 Å². The van der Waals surface area contributed by atoms with Crippen molar-refractivity contribution < 1.29 is 14.6 Å². The first-order valence-corrected chi connectivity index (χ1v) is 5.77. The molecule has 0 aliphatic rings. The van der Waals surface area contributed by atoms with E-state index in [1.807, 2.05) is 32.0 Å². The molecule has 0 aromatic heterocycles. The van der Waals surface area contributed by atoms with E-state index in [4.69, 9.17) is 9.84 Å². The van der Waals surface area contributed by atoms with Crippen LogP contribution in [0.2, 0.25) is 0 Å². The predicted octanol–water partition coefficient (Wildman–Crippen LogP) is 1.39. The number of carbonyl (C=O) groups is 1. The molecule has 17 heavy (non-hydrogen) atoms. The number of aliphatic hydroxyl groups is 1. The van der Waals surface area contributed by atoms with Gasteiger partial charge in [0.1, 0.15) is 5.75 Å². The normalized spacial score (nSPS) is 10.1. The van der Waals surface area contributed by atoms with Gasteiger partial charge in [-0.1, -0.05) is 12.1 Å². The van der Waals surface area contributed by atoms with Crippen molar-refractivity contribution in [1.82, 2.24) is 5.32 Å². The van der Waals surface area contributed by atoms with Gasteiger partial charge in [0, 0.05) is 13.0 Å². The van der Waals surface area contributed by atoms with E-state index in [9.17, 15) is 4.79 Å². The number of aliphatic hydroxyl groups excluding tert-OH is 1. The number of hydrogen-bond donors (Lipinski definition) is 2. The van der Waals surface area contributed by atoms with Gasteiger partial charge in [-0.2, -0.15) is 0 Å². The molecule has 2 N–H and O–H groups in total. The Kier molecular flexibility index (Phi) is 5.49. The van der Waals surface area contributed by atoms with E-state index in [1.54, 1.807) is 0 Å². The number of rotatable bonds is 6. The van der Waals surface area contributed by atoms with E-state index in [1.165, 1.54) is 0 Å². The molecule has 1 aromatic carbocycles.